The zero-order valence-electron chi connectivity index (χ0n) is 7.73. The summed E-state index contributed by atoms with van der Waals surface area (Å²) in [5.41, 5.74) is 0. The van der Waals surface area contributed by atoms with Gasteiger partial charge in [0.2, 0.25) is 0 Å². The molecule has 0 aromatic carbocycles. The lowest BCUT2D eigenvalue weighted by atomic mass is 9.81. The van der Waals surface area contributed by atoms with Gasteiger partial charge in [-0.2, -0.15) is 0 Å². The van der Waals surface area contributed by atoms with Crippen LogP contribution in [0.2, 0.25) is 0 Å². The quantitative estimate of drug-likeness (QED) is 0.563. The molecule has 0 amide bonds. The minimum absolute atomic E-state index is 0.0399. The van der Waals surface area contributed by atoms with Crippen molar-refractivity contribution in [3.8, 4) is 0 Å². The van der Waals surface area contributed by atoms with Crippen molar-refractivity contribution < 1.29 is 9.59 Å². The predicted octanol–water partition coefficient (Wildman–Crippen LogP) is 2.09. The van der Waals surface area contributed by atoms with E-state index < -0.39 is 0 Å². The lowest BCUT2D eigenvalue weighted by Gasteiger charge is -2.23. The third-order valence-corrected chi connectivity index (χ3v) is 3.38. The monoisotopic (exact) mass is 209 g/mol. The first kappa shape index (κ1) is 9.52. The molecule has 1 aromatic rings. The zero-order valence-corrected chi connectivity index (χ0v) is 8.55. The molecule has 1 saturated carbocycles. The molecule has 1 aromatic heterocycles. The normalized spacial score (nSPS) is 16.3. The van der Waals surface area contributed by atoms with Crippen LogP contribution in [-0.2, 0) is 4.79 Å². The van der Waals surface area contributed by atoms with E-state index in [1.807, 2.05) is 0 Å². The fourth-order valence-corrected chi connectivity index (χ4v) is 2.05. The lowest BCUT2D eigenvalue weighted by Crippen LogP contribution is -2.24. The average Bonchev–Trinajstić information content (AvgIpc) is 2.51. The average molecular weight is 209 g/mol. The molecule has 0 N–H and O–H groups in total. The van der Waals surface area contributed by atoms with Crippen LogP contribution in [0.25, 0.3) is 0 Å². The number of aromatic nitrogens is 1. The second kappa shape index (κ2) is 4.00. The summed E-state index contributed by atoms with van der Waals surface area (Å²) < 4.78 is 0. The summed E-state index contributed by atoms with van der Waals surface area (Å²) in [4.78, 5) is 26.9. The van der Waals surface area contributed by atoms with Crippen molar-refractivity contribution in [1.29, 1.82) is 0 Å². The topological polar surface area (TPSA) is 47.0 Å². The summed E-state index contributed by atoms with van der Waals surface area (Å²) >= 11 is 1.30. The SMILES string of the molecule is O=C(CC(=O)C1CCC1)c1nccs1. The number of Topliss-reactive ketones (excluding diaryl/α,β-unsaturated/α-hetero) is 2. The van der Waals surface area contributed by atoms with Gasteiger partial charge in [-0.05, 0) is 12.8 Å². The van der Waals surface area contributed by atoms with E-state index in [1.54, 1.807) is 11.6 Å². The largest absolute Gasteiger partial charge is 0.299 e. The Morgan fingerprint density at radius 3 is 2.79 bits per heavy atom. The van der Waals surface area contributed by atoms with Crippen molar-refractivity contribution in [1.82, 2.24) is 4.98 Å². The summed E-state index contributed by atoms with van der Waals surface area (Å²) in [6.07, 6.45) is 4.68. The molecule has 0 spiro atoms. The fourth-order valence-electron chi connectivity index (χ4n) is 1.47. The molecule has 0 atom stereocenters. The maximum Gasteiger partial charge on any atom is 0.198 e. The van der Waals surface area contributed by atoms with Gasteiger partial charge in [-0.25, -0.2) is 4.98 Å². The van der Waals surface area contributed by atoms with Gasteiger partial charge in [-0.1, -0.05) is 6.42 Å². The molecule has 0 saturated heterocycles. The van der Waals surface area contributed by atoms with Crippen molar-refractivity contribution in [3.63, 3.8) is 0 Å². The minimum atomic E-state index is -0.128. The number of hydrogen-bond acceptors (Lipinski definition) is 4. The highest BCUT2D eigenvalue weighted by molar-refractivity contribution is 7.11. The van der Waals surface area contributed by atoms with Crippen LogP contribution in [0, 0.1) is 5.92 Å². The van der Waals surface area contributed by atoms with Crippen LogP contribution in [0.15, 0.2) is 11.6 Å². The van der Waals surface area contributed by atoms with Crippen LogP contribution in [0.5, 0.6) is 0 Å². The van der Waals surface area contributed by atoms with Gasteiger partial charge in [0, 0.05) is 17.5 Å². The van der Waals surface area contributed by atoms with E-state index in [2.05, 4.69) is 4.98 Å². The van der Waals surface area contributed by atoms with Crippen molar-refractivity contribution in [2.24, 2.45) is 5.92 Å². The Labute approximate surface area is 86.2 Å². The molecule has 4 heteroatoms. The molecule has 0 bridgehead atoms. The van der Waals surface area contributed by atoms with Gasteiger partial charge < -0.3 is 0 Å². The maximum absolute atomic E-state index is 11.5. The second-order valence-corrected chi connectivity index (χ2v) is 4.43. The van der Waals surface area contributed by atoms with E-state index in [1.165, 1.54) is 11.3 Å². The van der Waals surface area contributed by atoms with Gasteiger partial charge >= 0.3 is 0 Å². The molecule has 1 aliphatic rings. The molecule has 0 aliphatic heterocycles. The van der Waals surface area contributed by atoms with E-state index in [0.29, 0.717) is 5.01 Å². The van der Waals surface area contributed by atoms with Gasteiger partial charge in [-0.3, -0.25) is 9.59 Å². The standard InChI is InChI=1S/C10H11NO2S/c12-8(7-2-1-3-7)6-9(13)10-11-4-5-14-10/h4-5,7H,1-3,6H2. The molecule has 3 nitrogen and oxygen atoms in total. The molecule has 1 fully saturated rings. The summed E-state index contributed by atoms with van der Waals surface area (Å²) in [5, 5.41) is 2.21. The molecular formula is C10H11NO2S. The first-order valence-electron chi connectivity index (χ1n) is 4.73. The van der Waals surface area contributed by atoms with Gasteiger partial charge in [0.1, 0.15) is 5.78 Å². The molecule has 1 aliphatic carbocycles. The molecule has 2 rings (SSSR count). The number of carbonyl (C=O) groups is 2. The van der Waals surface area contributed by atoms with Gasteiger partial charge in [0.25, 0.3) is 0 Å². The smallest absolute Gasteiger partial charge is 0.198 e. The van der Waals surface area contributed by atoms with E-state index in [4.69, 9.17) is 0 Å². The Kier molecular flexibility index (Phi) is 2.72. The van der Waals surface area contributed by atoms with E-state index in [9.17, 15) is 9.59 Å². The van der Waals surface area contributed by atoms with Crippen LogP contribution in [0.4, 0.5) is 0 Å². The third-order valence-electron chi connectivity index (χ3n) is 2.57. The predicted molar refractivity (Wildman–Crippen MR) is 53.4 cm³/mol. The zero-order chi connectivity index (χ0) is 9.97. The van der Waals surface area contributed by atoms with E-state index >= 15 is 0 Å². The third kappa shape index (κ3) is 1.90. The van der Waals surface area contributed by atoms with Crippen LogP contribution in [0.3, 0.4) is 0 Å². The van der Waals surface area contributed by atoms with Crippen molar-refractivity contribution in [3.05, 3.63) is 16.6 Å². The van der Waals surface area contributed by atoms with Gasteiger partial charge in [-0.15, -0.1) is 11.3 Å². The van der Waals surface area contributed by atoms with Crippen LogP contribution < -0.4 is 0 Å². The molecule has 74 valence electrons. The molecule has 0 radical (unpaired) electrons. The van der Waals surface area contributed by atoms with Crippen LogP contribution in [-0.4, -0.2) is 16.6 Å². The molecular weight excluding hydrogens is 198 g/mol. The number of ketones is 2. The van der Waals surface area contributed by atoms with Gasteiger partial charge in [0.15, 0.2) is 10.8 Å². The summed E-state index contributed by atoms with van der Waals surface area (Å²) in [6.45, 7) is 0. The fraction of sp³-hybridized carbons (Fsp3) is 0.500. The van der Waals surface area contributed by atoms with E-state index in [0.717, 1.165) is 19.3 Å². The number of rotatable bonds is 4. The van der Waals surface area contributed by atoms with Crippen molar-refractivity contribution in [2.75, 3.05) is 0 Å². The Hall–Kier alpha value is -1.03. The lowest BCUT2D eigenvalue weighted by molar-refractivity contribution is -0.124. The molecule has 1 heterocycles. The highest BCUT2D eigenvalue weighted by Crippen LogP contribution is 2.28. The summed E-state index contributed by atoms with van der Waals surface area (Å²) in [7, 11) is 0. The summed E-state index contributed by atoms with van der Waals surface area (Å²) in [5.74, 6) is 0.118. The minimum Gasteiger partial charge on any atom is -0.299 e. The Morgan fingerprint density at radius 1 is 1.50 bits per heavy atom. The first-order chi connectivity index (χ1) is 6.77. The van der Waals surface area contributed by atoms with Crippen LogP contribution >= 0.6 is 11.3 Å². The number of nitrogens with zero attached hydrogens (tertiary/aromatic N) is 1. The number of hydrogen-bond donors (Lipinski definition) is 0. The Morgan fingerprint density at radius 2 is 2.29 bits per heavy atom. The summed E-state index contributed by atoms with van der Waals surface area (Å²) in [6, 6.07) is 0. The Balaban J connectivity index is 1.91. The van der Waals surface area contributed by atoms with Gasteiger partial charge in [0.05, 0.1) is 6.42 Å². The molecule has 0 unspecified atom stereocenters. The maximum atomic E-state index is 11.5. The highest BCUT2D eigenvalue weighted by Gasteiger charge is 2.27. The molecule has 14 heavy (non-hydrogen) atoms. The second-order valence-electron chi connectivity index (χ2n) is 3.53. The number of thiazole rings is 1. The number of carbonyl (C=O) groups excluding carboxylic acids is 2. The van der Waals surface area contributed by atoms with Crippen molar-refractivity contribution in [2.45, 2.75) is 25.7 Å². The first-order valence-corrected chi connectivity index (χ1v) is 5.61. The Bertz CT molecular complexity index is 341. The van der Waals surface area contributed by atoms with Crippen LogP contribution in [0.1, 0.15) is 35.5 Å². The highest BCUT2D eigenvalue weighted by atomic mass is 32.1. The van der Waals surface area contributed by atoms with E-state index in [-0.39, 0.29) is 23.9 Å². The van der Waals surface area contributed by atoms with Crippen molar-refractivity contribution >= 4 is 22.9 Å².